The average molecular weight is 308 g/mol. The summed E-state index contributed by atoms with van der Waals surface area (Å²) in [6.07, 6.45) is 2.20. The molecule has 0 saturated carbocycles. The molecule has 0 N–H and O–H groups in total. The van der Waals surface area contributed by atoms with Gasteiger partial charge in [0.05, 0.1) is 0 Å². The highest BCUT2D eigenvalue weighted by Gasteiger charge is 2.18. The Labute approximate surface area is 114 Å². The summed E-state index contributed by atoms with van der Waals surface area (Å²) in [6, 6.07) is 7.09. The van der Waals surface area contributed by atoms with Gasteiger partial charge in [-0.05, 0) is 36.1 Å². The van der Waals surface area contributed by atoms with E-state index < -0.39 is 0 Å². The second kappa shape index (κ2) is 4.72. The Balaban J connectivity index is 1.90. The number of fused-ring (bicyclic) bond motifs is 1. The van der Waals surface area contributed by atoms with Crippen molar-refractivity contribution < 1.29 is 4.42 Å². The number of hydrogen-bond acceptors (Lipinski definition) is 4. The lowest BCUT2D eigenvalue weighted by Gasteiger charge is -2.17. The molecule has 0 spiro atoms. The third-order valence-corrected chi connectivity index (χ3v) is 3.68. The van der Waals surface area contributed by atoms with Crippen molar-refractivity contribution in [1.29, 1.82) is 0 Å². The quantitative estimate of drug-likeness (QED) is 0.812. The SMILES string of the molecule is Cc1nnc(N2CCCc3cc(Br)ccc3C2)o1. The highest BCUT2D eigenvalue weighted by molar-refractivity contribution is 9.10. The summed E-state index contributed by atoms with van der Waals surface area (Å²) in [7, 11) is 0. The predicted octanol–water partition coefficient (Wildman–Crippen LogP) is 3.09. The van der Waals surface area contributed by atoms with Crippen LogP contribution in [0.4, 0.5) is 6.01 Å². The molecule has 18 heavy (non-hydrogen) atoms. The highest BCUT2D eigenvalue weighted by Crippen LogP contribution is 2.25. The van der Waals surface area contributed by atoms with Crippen LogP contribution in [0.15, 0.2) is 27.1 Å². The normalized spacial score (nSPS) is 15.3. The Morgan fingerprint density at radius 1 is 1.28 bits per heavy atom. The summed E-state index contributed by atoms with van der Waals surface area (Å²) < 4.78 is 6.65. The van der Waals surface area contributed by atoms with E-state index in [1.165, 1.54) is 11.1 Å². The number of halogens is 1. The van der Waals surface area contributed by atoms with Crippen molar-refractivity contribution in [1.82, 2.24) is 10.2 Å². The average Bonchev–Trinajstić information content (AvgIpc) is 2.67. The molecule has 0 unspecified atom stereocenters. The maximum Gasteiger partial charge on any atom is 0.318 e. The Kier molecular flexibility index (Phi) is 3.07. The molecule has 2 aromatic rings. The van der Waals surface area contributed by atoms with Crippen LogP contribution >= 0.6 is 15.9 Å². The molecule has 1 aromatic carbocycles. The van der Waals surface area contributed by atoms with E-state index in [-0.39, 0.29) is 0 Å². The first-order valence-corrected chi connectivity index (χ1v) is 6.84. The molecule has 5 heteroatoms. The molecule has 0 bridgehead atoms. The van der Waals surface area contributed by atoms with Crippen LogP contribution in [0.1, 0.15) is 23.4 Å². The van der Waals surface area contributed by atoms with Gasteiger partial charge in [-0.2, -0.15) is 0 Å². The second-order valence-electron chi connectivity index (χ2n) is 4.54. The highest BCUT2D eigenvalue weighted by atomic mass is 79.9. The third-order valence-electron chi connectivity index (χ3n) is 3.19. The molecule has 0 amide bonds. The van der Waals surface area contributed by atoms with Crippen LogP contribution in [0.3, 0.4) is 0 Å². The minimum absolute atomic E-state index is 0.616. The van der Waals surface area contributed by atoms with E-state index in [0.717, 1.165) is 30.4 Å². The zero-order valence-electron chi connectivity index (χ0n) is 10.2. The van der Waals surface area contributed by atoms with Gasteiger partial charge >= 0.3 is 6.01 Å². The molecule has 2 heterocycles. The molecule has 1 aliphatic heterocycles. The van der Waals surface area contributed by atoms with Crippen molar-refractivity contribution in [2.24, 2.45) is 0 Å². The summed E-state index contributed by atoms with van der Waals surface area (Å²) in [5, 5.41) is 8.00. The number of nitrogens with zero attached hydrogens (tertiary/aromatic N) is 3. The number of benzene rings is 1. The van der Waals surface area contributed by atoms with E-state index in [9.17, 15) is 0 Å². The van der Waals surface area contributed by atoms with Gasteiger partial charge in [0.15, 0.2) is 0 Å². The van der Waals surface area contributed by atoms with Crippen LogP contribution in [-0.4, -0.2) is 16.7 Å². The topological polar surface area (TPSA) is 42.2 Å². The van der Waals surface area contributed by atoms with Crippen LogP contribution < -0.4 is 4.90 Å². The zero-order chi connectivity index (χ0) is 12.5. The summed E-state index contributed by atoms with van der Waals surface area (Å²) in [5.41, 5.74) is 2.75. The van der Waals surface area contributed by atoms with Gasteiger partial charge in [0, 0.05) is 24.5 Å². The Bertz CT molecular complexity index is 567. The molecule has 3 rings (SSSR count). The predicted molar refractivity (Wildman–Crippen MR) is 72.5 cm³/mol. The smallest absolute Gasteiger partial charge is 0.318 e. The minimum Gasteiger partial charge on any atom is -0.408 e. The Hall–Kier alpha value is -1.36. The molecule has 0 atom stereocenters. The molecular formula is C13H14BrN3O. The van der Waals surface area contributed by atoms with Gasteiger partial charge in [0.2, 0.25) is 5.89 Å². The van der Waals surface area contributed by atoms with E-state index in [4.69, 9.17) is 4.42 Å². The fourth-order valence-electron chi connectivity index (χ4n) is 2.30. The van der Waals surface area contributed by atoms with Crippen LogP contribution in [0.2, 0.25) is 0 Å². The molecule has 0 saturated heterocycles. The Morgan fingerprint density at radius 3 is 2.94 bits per heavy atom. The van der Waals surface area contributed by atoms with Crippen LogP contribution in [0.25, 0.3) is 0 Å². The molecule has 0 radical (unpaired) electrons. The second-order valence-corrected chi connectivity index (χ2v) is 5.46. The maximum atomic E-state index is 5.51. The molecule has 1 aliphatic rings. The zero-order valence-corrected chi connectivity index (χ0v) is 11.8. The minimum atomic E-state index is 0.616. The van der Waals surface area contributed by atoms with Gasteiger partial charge in [-0.25, -0.2) is 0 Å². The number of anilines is 1. The molecular weight excluding hydrogens is 294 g/mol. The van der Waals surface area contributed by atoms with Crippen molar-refractivity contribution in [2.45, 2.75) is 26.3 Å². The summed E-state index contributed by atoms with van der Waals surface area (Å²) >= 11 is 3.52. The monoisotopic (exact) mass is 307 g/mol. The molecule has 94 valence electrons. The van der Waals surface area contributed by atoms with Gasteiger partial charge in [-0.1, -0.05) is 27.1 Å². The van der Waals surface area contributed by atoms with Gasteiger partial charge in [0.1, 0.15) is 0 Å². The van der Waals surface area contributed by atoms with Crippen molar-refractivity contribution in [3.05, 3.63) is 39.7 Å². The lowest BCUT2D eigenvalue weighted by molar-refractivity contribution is 0.501. The van der Waals surface area contributed by atoms with Crippen LogP contribution in [-0.2, 0) is 13.0 Å². The van der Waals surface area contributed by atoms with E-state index >= 15 is 0 Å². The van der Waals surface area contributed by atoms with Crippen molar-refractivity contribution >= 4 is 21.9 Å². The lowest BCUT2D eigenvalue weighted by atomic mass is 10.0. The van der Waals surface area contributed by atoms with Gasteiger partial charge in [0.25, 0.3) is 0 Å². The first-order chi connectivity index (χ1) is 8.72. The lowest BCUT2D eigenvalue weighted by Crippen LogP contribution is -2.22. The van der Waals surface area contributed by atoms with Crippen LogP contribution in [0, 0.1) is 6.92 Å². The van der Waals surface area contributed by atoms with Crippen molar-refractivity contribution in [3.8, 4) is 0 Å². The fourth-order valence-corrected chi connectivity index (χ4v) is 2.71. The number of aromatic nitrogens is 2. The first-order valence-electron chi connectivity index (χ1n) is 6.05. The van der Waals surface area contributed by atoms with Crippen molar-refractivity contribution in [2.75, 3.05) is 11.4 Å². The standard InChI is InChI=1S/C13H14BrN3O/c1-9-15-16-13(18-9)17-6-2-3-10-7-12(14)5-4-11(10)8-17/h4-5,7H,2-3,6,8H2,1H3. The van der Waals surface area contributed by atoms with Gasteiger partial charge in [-0.15, -0.1) is 5.10 Å². The first kappa shape index (κ1) is 11.7. The summed E-state index contributed by atoms with van der Waals surface area (Å²) in [6.45, 7) is 3.61. The molecule has 4 nitrogen and oxygen atoms in total. The summed E-state index contributed by atoms with van der Waals surface area (Å²) in [4.78, 5) is 2.15. The molecule has 1 aromatic heterocycles. The van der Waals surface area contributed by atoms with E-state index in [1.54, 1.807) is 0 Å². The maximum absolute atomic E-state index is 5.51. The number of hydrogen-bond donors (Lipinski definition) is 0. The van der Waals surface area contributed by atoms with Gasteiger partial charge < -0.3 is 9.32 Å². The van der Waals surface area contributed by atoms with Crippen LogP contribution in [0.5, 0.6) is 0 Å². The summed E-state index contributed by atoms with van der Waals surface area (Å²) in [5.74, 6) is 0.616. The van der Waals surface area contributed by atoms with E-state index in [0.29, 0.717) is 11.9 Å². The van der Waals surface area contributed by atoms with E-state index in [2.05, 4.69) is 49.2 Å². The van der Waals surface area contributed by atoms with Crippen molar-refractivity contribution in [3.63, 3.8) is 0 Å². The fraction of sp³-hybridized carbons (Fsp3) is 0.385. The molecule has 0 fully saturated rings. The molecule has 0 aliphatic carbocycles. The largest absolute Gasteiger partial charge is 0.408 e. The van der Waals surface area contributed by atoms with E-state index in [1.807, 2.05) is 6.92 Å². The third kappa shape index (κ3) is 2.27. The number of rotatable bonds is 1. The number of aryl methyl sites for hydroxylation is 2. The van der Waals surface area contributed by atoms with Gasteiger partial charge in [-0.3, -0.25) is 0 Å². The Morgan fingerprint density at radius 2 is 2.17 bits per heavy atom.